The number of nitriles is 1. The highest BCUT2D eigenvalue weighted by atomic mass is 16.3. The smallest absolute Gasteiger partial charge is 0.445 e. The molecule has 8 heteroatoms. The van der Waals surface area contributed by atoms with E-state index in [9.17, 15) is 5.26 Å². The molecule has 0 radical (unpaired) electrons. The first-order chi connectivity index (χ1) is 20.6. The Morgan fingerprint density at radius 1 is 0.667 bits per heavy atom. The van der Waals surface area contributed by atoms with Crippen LogP contribution in [0.3, 0.4) is 0 Å². The van der Waals surface area contributed by atoms with Gasteiger partial charge < -0.3 is 8.83 Å². The third-order valence-electron chi connectivity index (χ3n) is 7.09. The number of hydrogen-bond donors (Lipinski definition) is 0. The molecule has 0 bridgehead atoms. The minimum Gasteiger partial charge on any atom is -0.445 e. The predicted octanol–water partition coefficient (Wildman–Crippen LogP) is 7.06. The van der Waals surface area contributed by atoms with Gasteiger partial charge in [-0.15, -0.1) is 9.69 Å². The Labute approximate surface area is 237 Å². The molecule has 0 amide bonds. The third kappa shape index (κ3) is 3.59. The molecule has 0 N–H and O–H groups in total. The molecule has 7 aromatic rings. The van der Waals surface area contributed by atoms with Crippen molar-refractivity contribution >= 4 is 55.3 Å². The van der Waals surface area contributed by atoms with Crippen LogP contribution in [-0.4, -0.2) is 9.97 Å². The first-order valence-electron chi connectivity index (χ1n) is 12.7. The van der Waals surface area contributed by atoms with E-state index in [2.05, 4.69) is 24.5 Å². The Balaban J connectivity index is 1.80. The van der Waals surface area contributed by atoms with Crippen LogP contribution in [0.25, 0.3) is 92.1 Å². The molecule has 0 unspecified atom stereocenters. The van der Waals surface area contributed by atoms with E-state index in [0.29, 0.717) is 22.2 Å². The number of aromatic nitrogens is 2. The van der Waals surface area contributed by atoms with Gasteiger partial charge in [-0.05, 0) is 51.0 Å². The summed E-state index contributed by atoms with van der Waals surface area (Å²) in [5, 5.41) is 12.9. The van der Waals surface area contributed by atoms with Gasteiger partial charge in [-0.3, -0.25) is 0 Å². The minimum atomic E-state index is -0.243. The summed E-state index contributed by atoms with van der Waals surface area (Å²) in [4.78, 5) is 18.8. The van der Waals surface area contributed by atoms with Crippen LogP contribution in [0.4, 0.5) is 0 Å². The van der Waals surface area contributed by atoms with Gasteiger partial charge in [0.1, 0.15) is 24.2 Å². The van der Waals surface area contributed by atoms with E-state index in [0.717, 1.165) is 43.8 Å². The van der Waals surface area contributed by atoms with E-state index in [1.165, 1.54) is 0 Å². The van der Waals surface area contributed by atoms with Crippen LogP contribution in [0, 0.1) is 31.0 Å². The van der Waals surface area contributed by atoms with E-state index in [4.69, 9.17) is 28.6 Å². The summed E-state index contributed by atoms with van der Waals surface area (Å²) in [5.74, 6) is -0.243. The Bertz CT molecular complexity index is 2520. The van der Waals surface area contributed by atoms with Gasteiger partial charge in [0, 0.05) is 10.9 Å². The van der Waals surface area contributed by atoms with Gasteiger partial charge >= 0.3 is 17.1 Å². The van der Waals surface area contributed by atoms with Crippen molar-refractivity contribution in [3.05, 3.63) is 130 Å². The van der Waals surface area contributed by atoms with Gasteiger partial charge in [-0.25, -0.2) is 20.1 Å². The molecule has 5 aromatic carbocycles. The molecule has 42 heavy (non-hydrogen) atoms. The van der Waals surface area contributed by atoms with Gasteiger partial charge in [0.05, 0.1) is 12.6 Å². The van der Waals surface area contributed by atoms with Crippen molar-refractivity contribution in [2.24, 2.45) is 0 Å². The number of benzene rings is 5. The van der Waals surface area contributed by atoms with Crippen molar-refractivity contribution in [1.29, 1.82) is 5.26 Å². The number of fused-ring (bicyclic) bond motifs is 5. The number of nitrogens with zero attached hydrogens (tertiary/aromatic N) is 6. The lowest BCUT2D eigenvalue weighted by Crippen LogP contribution is -2.02. The number of oxazole rings is 2. The average molecular weight is 539 g/mol. The van der Waals surface area contributed by atoms with Crippen LogP contribution in [0.5, 0.6) is 0 Å². The van der Waals surface area contributed by atoms with Gasteiger partial charge in [-0.2, -0.15) is 0 Å². The summed E-state index contributed by atoms with van der Waals surface area (Å²) in [6.07, 6.45) is 0. The van der Waals surface area contributed by atoms with Crippen LogP contribution in [-0.2, 0) is 0 Å². The van der Waals surface area contributed by atoms with E-state index in [1.54, 1.807) is 0 Å². The maximum atomic E-state index is 9.51. The lowest BCUT2D eigenvalue weighted by Gasteiger charge is -2.17. The second-order valence-corrected chi connectivity index (χ2v) is 9.34. The molecule has 0 fully saturated rings. The molecule has 7 rings (SSSR count). The molecule has 2 heterocycles. The fourth-order valence-corrected chi connectivity index (χ4v) is 5.37. The summed E-state index contributed by atoms with van der Waals surface area (Å²) in [6, 6.07) is 29.2. The zero-order valence-electron chi connectivity index (χ0n) is 21.6. The normalized spacial score (nSPS) is 11.6. The quantitative estimate of drug-likeness (QED) is 0.174. The summed E-state index contributed by atoms with van der Waals surface area (Å²) in [6.45, 7) is 22.1. The van der Waals surface area contributed by atoms with E-state index in [1.807, 2.05) is 91.0 Å². The molecule has 0 aliphatic heterocycles. The monoisotopic (exact) mass is 538 g/mol. The highest BCUT2D eigenvalue weighted by Crippen LogP contribution is 2.46. The largest absolute Gasteiger partial charge is 0.582 e. The second kappa shape index (κ2) is 9.47. The van der Waals surface area contributed by atoms with Crippen molar-refractivity contribution in [2.75, 3.05) is 0 Å². The van der Waals surface area contributed by atoms with E-state index in [-0.39, 0.29) is 22.6 Å². The highest BCUT2D eigenvalue weighted by Gasteiger charge is 2.23. The molecule has 0 atom stereocenters. The summed E-state index contributed by atoms with van der Waals surface area (Å²) >= 11 is 0. The van der Waals surface area contributed by atoms with Crippen LogP contribution in [0.2, 0.25) is 0 Å². The van der Waals surface area contributed by atoms with E-state index < -0.39 is 0 Å². The summed E-state index contributed by atoms with van der Waals surface area (Å²) in [5.41, 5.74) is 5.23. The molecular weight excluding hydrogens is 524 g/mol. The molecule has 8 nitrogen and oxygen atoms in total. The van der Waals surface area contributed by atoms with Crippen molar-refractivity contribution in [3.8, 4) is 28.3 Å². The first-order valence-corrected chi connectivity index (χ1v) is 12.7. The molecule has 192 valence electrons. The standard InChI is InChI=1S/C34H14N6O2/c1-36-26(18-35)33-39-24-15-14-21-28(19-10-6-4-7-11-19)22-16-25-27(41-34(40-25)32(37-2)38-3)17-23(22)29(30(21)31(24)42-33)20-12-8-5-9-13-20/h4-17H/b33-26-. The topological polar surface area (TPSA) is 88.9 Å². The van der Waals surface area contributed by atoms with Crippen LogP contribution < -0.4 is 11.1 Å². The molecule has 0 aliphatic carbocycles. The van der Waals surface area contributed by atoms with Crippen molar-refractivity contribution in [1.82, 2.24) is 9.97 Å². The molecule has 2 aromatic heterocycles. The first kappa shape index (κ1) is 24.3. The summed E-state index contributed by atoms with van der Waals surface area (Å²) in [7, 11) is 0. The fraction of sp³-hybridized carbons (Fsp3) is 0. The van der Waals surface area contributed by atoms with Crippen molar-refractivity contribution < 1.29 is 8.83 Å². The molecule has 0 spiro atoms. The zero-order valence-corrected chi connectivity index (χ0v) is 21.6. The van der Waals surface area contributed by atoms with Crippen LogP contribution in [0.15, 0.2) is 93.8 Å². The van der Waals surface area contributed by atoms with Crippen LogP contribution >= 0.6 is 0 Å². The lowest BCUT2D eigenvalue weighted by molar-refractivity contribution is 0.559. The number of hydrogen-bond acceptors (Lipinski definition) is 5. The Hall–Kier alpha value is -6.74. The average Bonchev–Trinajstić information content (AvgIpc) is 3.65. The van der Waals surface area contributed by atoms with Gasteiger partial charge in [-0.1, -0.05) is 66.7 Å². The van der Waals surface area contributed by atoms with Gasteiger partial charge in [0.2, 0.25) is 5.55 Å². The summed E-state index contributed by atoms with van der Waals surface area (Å²) < 4.78 is 12.1. The Kier molecular flexibility index (Phi) is 5.48. The van der Waals surface area contributed by atoms with Gasteiger partial charge in [0.25, 0.3) is 0 Å². The Morgan fingerprint density at radius 2 is 1.31 bits per heavy atom. The number of rotatable bonds is 2. The third-order valence-corrected chi connectivity index (χ3v) is 7.09. The maximum absolute atomic E-state index is 9.51. The van der Waals surface area contributed by atoms with Crippen molar-refractivity contribution in [3.63, 3.8) is 0 Å². The maximum Gasteiger partial charge on any atom is 0.582 e. The zero-order chi connectivity index (χ0) is 28.8. The minimum absolute atomic E-state index is 0.0293. The van der Waals surface area contributed by atoms with Crippen LogP contribution in [0.1, 0.15) is 0 Å². The molecule has 0 aliphatic rings. The Morgan fingerprint density at radius 3 is 1.95 bits per heavy atom. The van der Waals surface area contributed by atoms with E-state index >= 15 is 0 Å². The lowest BCUT2D eigenvalue weighted by atomic mass is 9.85. The predicted molar refractivity (Wildman–Crippen MR) is 159 cm³/mol. The molecule has 0 saturated carbocycles. The molecule has 0 saturated heterocycles. The SMILES string of the molecule is [C-]#[N+]C([N+]#[C-])=c1nc2cc3c(-c4ccccc4)c4ccc5n/c(=C(\C#N)[N+]#[C-])oc5c4c(-c4ccccc4)c3cc2o1. The highest BCUT2D eigenvalue weighted by molar-refractivity contribution is 6.27. The fourth-order valence-electron chi connectivity index (χ4n) is 5.37. The second-order valence-electron chi connectivity index (χ2n) is 9.34. The molecular formula is C34H14N6O2. The van der Waals surface area contributed by atoms with Gasteiger partial charge in [0.15, 0.2) is 11.2 Å². The van der Waals surface area contributed by atoms with Crippen molar-refractivity contribution in [2.45, 2.75) is 0 Å².